The lowest BCUT2D eigenvalue weighted by atomic mass is 9.82. The van der Waals surface area contributed by atoms with E-state index in [1.807, 2.05) is 0 Å². The fraction of sp³-hybridized carbons (Fsp3) is 0.857. The van der Waals surface area contributed by atoms with Gasteiger partial charge >= 0.3 is 9.28 Å². The molecule has 3 nitrogen and oxygen atoms in total. The van der Waals surface area contributed by atoms with Crippen molar-refractivity contribution in [1.29, 1.82) is 0 Å². The Kier molecular flexibility index (Phi) is 3.95. The van der Waals surface area contributed by atoms with Crippen LogP contribution in [0.15, 0.2) is 12.4 Å². The van der Waals surface area contributed by atoms with E-state index in [2.05, 4.69) is 76.9 Å². The molecule has 0 aromatic rings. The van der Waals surface area contributed by atoms with E-state index in [1.165, 1.54) is 0 Å². The summed E-state index contributed by atoms with van der Waals surface area (Å²) in [6.07, 6.45) is 5.53. The minimum atomic E-state index is -1.56. The quantitative estimate of drug-likeness (QED) is 0.783. The third-order valence-corrected chi connectivity index (χ3v) is 6.35. The summed E-state index contributed by atoms with van der Waals surface area (Å²) < 4.78 is 4.78. The lowest BCUT2D eigenvalue weighted by Gasteiger charge is -2.45. The van der Waals surface area contributed by atoms with Gasteiger partial charge in [0.05, 0.1) is 0 Å². The summed E-state index contributed by atoms with van der Waals surface area (Å²) in [5.74, 6) is 0. The molecule has 1 aliphatic rings. The van der Waals surface area contributed by atoms with Crippen LogP contribution in [0, 0.1) is 5.41 Å². The normalized spacial score (nSPS) is 21.9. The lowest BCUT2D eigenvalue weighted by molar-refractivity contribution is 0.183. The molecule has 1 aliphatic heterocycles. The van der Waals surface area contributed by atoms with Gasteiger partial charge in [-0.2, -0.15) is 0 Å². The third-order valence-electron chi connectivity index (χ3n) is 3.39. The SMILES string of the molecule is CC(C)(C)CC(C)(C)N1C=CN(C(C)(C)C)[SiH]1N. The van der Waals surface area contributed by atoms with Crippen molar-refractivity contribution in [1.82, 2.24) is 9.13 Å². The molecule has 1 atom stereocenters. The first-order valence-corrected chi connectivity index (χ1v) is 8.55. The van der Waals surface area contributed by atoms with Crippen molar-refractivity contribution in [3.05, 3.63) is 12.4 Å². The van der Waals surface area contributed by atoms with Gasteiger partial charge in [0.1, 0.15) is 0 Å². The van der Waals surface area contributed by atoms with Gasteiger partial charge in [-0.25, -0.2) is 0 Å². The fourth-order valence-electron chi connectivity index (χ4n) is 3.02. The molecule has 1 rings (SSSR count). The summed E-state index contributed by atoms with van der Waals surface area (Å²) in [5.41, 5.74) is 0.565. The van der Waals surface area contributed by atoms with Gasteiger partial charge in [0.15, 0.2) is 0 Å². The minimum absolute atomic E-state index is 0.120. The lowest BCUT2D eigenvalue weighted by Crippen LogP contribution is -2.62. The highest BCUT2D eigenvalue weighted by atomic mass is 28.3. The predicted octanol–water partition coefficient (Wildman–Crippen LogP) is 2.76. The maximum absolute atomic E-state index is 6.54. The summed E-state index contributed by atoms with van der Waals surface area (Å²) >= 11 is 0. The summed E-state index contributed by atoms with van der Waals surface area (Å²) in [5, 5.41) is 6.54. The van der Waals surface area contributed by atoms with E-state index in [0.29, 0.717) is 5.41 Å². The zero-order valence-electron chi connectivity index (χ0n) is 13.4. The molecule has 18 heavy (non-hydrogen) atoms. The van der Waals surface area contributed by atoms with Gasteiger partial charge in [0, 0.05) is 23.5 Å². The second kappa shape index (κ2) is 4.56. The van der Waals surface area contributed by atoms with Crippen LogP contribution in [-0.2, 0) is 0 Å². The first-order chi connectivity index (χ1) is 7.84. The molecule has 0 spiro atoms. The molecule has 0 saturated heterocycles. The van der Waals surface area contributed by atoms with Crippen LogP contribution < -0.4 is 5.40 Å². The largest absolute Gasteiger partial charge is 0.372 e. The topological polar surface area (TPSA) is 32.5 Å². The van der Waals surface area contributed by atoms with E-state index in [-0.39, 0.29) is 11.1 Å². The molecule has 1 heterocycles. The van der Waals surface area contributed by atoms with Crippen LogP contribution >= 0.6 is 0 Å². The molecule has 0 fully saturated rings. The van der Waals surface area contributed by atoms with Crippen molar-refractivity contribution in [2.45, 2.75) is 72.9 Å². The van der Waals surface area contributed by atoms with Crippen LogP contribution in [0.2, 0.25) is 0 Å². The van der Waals surface area contributed by atoms with Crippen molar-refractivity contribution in [3.8, 4) is 0 Å². The Morgan fingerprint density at radius 2 is 1.33 bits per heavy atom. The number of hydrogen-bond donors (Lipinski definition) is 1. The van der Waals surface area contributed by atoms with E-state index >= 15 is 0 Å². The van der Waals surface area contributed by atoms with Crippen molar-refractivity contribution in [2.24, 2.45) is 10.8 Å². The van der Waals surface area contributed by atoms with Crippen molar-refractivity contribution < 1.29 is 0 Å². The molecule has 0 amide bonds. The Labute approximate surface area is 115 Å². The fourth-order valence-corrected chi connectivity index (χ4v) is 5.40. The summed E-state index contributed by atoms with van der Waals surface area (Å²) in [4.78, 5) is 0. The molecule has 0 bridgehead atoms. The van der Waals surface area contributed by atoms with Gasteiger partial charge in [-0.05, 0) is 46.5 Å². The highest BCUT2D eigenvalue weighted by molar-refractivity contribution is 6.51. The van der Waals surface area contributed by atoms with Crippen molar-refractivity contribution in [3.63, 3.8) is 0 Å². The number of nitrogens with zero attached hydrogens (tertiary/aromatic N) is 2. The van der Waals surface area contributed by atoms with Gasteiger partial charge in [0.25, 0.3) is 0 Å². The van der Waals surface area contributed by atoms with Crippen molar-refractivity contribution in [2.75, 3.05) is 0 Å². The zero-order chi connectivity index (χ0) is 14.4. The molecule has 0 aromatic heterocycles. The van der Waals surface area contributed by atoms with Gasteiger partial charge in [0.2, 0.25) is 0 Å². The first-order valence-electron chi connectivity index (χ1n) is 6.85. The molecule has 0 aliphatic carbocycles. The van der Waals surface area contributed by atoms with Gasteiger partial charge in [-0.15, -0.1) is 0 Å². The van der Waals surface area contributed by atoms with E-state index in [1.54, 1.807) is 0 Å². The smallest absolute Gasteiger partial charge is 0.327 e. The average molecular weight is 270 g/mol. The number of nitrogens with two attached hydrogens (primary N) is 1. The predicted molar refractivity (Wildman–Crippen MR) is 82.1 cm³/mol. The third kappa shape index (κ3) is 3.51. The Morgan fingerprint density at radius 1 is 0.889 bits per heavy atom. The molecule has 1 unspecified atom stereocenters. The summed E-state index contributed by atoms with van der Waals surface area (Å²) in [7, 11) is -1.56. The number of rotatable bonds is 2. The maximum atomic E-state index is 6.54. The standard InChI is InChI=1S/C14H31N3Si/c1-12(2,3)11-14(7,8)17-10-9-16(18(17)15)13(4,5)6/h9-10,18H,11,15H2,1-8H3. The Bertz CT molecular complexity index is 323. The molecule has 0 radical (unpaired) electrons. The van der Waals surface area contributed by atoms with E-state index in [0.717, 1.165) is 6.42 Å². The van der Waals surface area contributed by atoms with Gasteiger partial charge < -0.3 is 14.5 Å². The molecule has 2 N–H and O–H groups in total. The van der Waals surface area contributed by atoms with Gasteiger partial charge in [-0.3, -0.25) is 0 Å². The summed E-state index contributed by atoms with van der Waals surface area (Å²) in [6, 6.07) is 0. The van der Waals surface area contributed by atoms with Crippen LogP contribution in [0.5, 0.6) is 0 Å². The zero-order valence-corrected chi connectivity index (χ0v) is 14.6. The first kappa shape index (κ1) is 15.6. The minimum Gasteiger partial charge on any atom is -0.372 e. The molecule has 4 heteroatoms. The van der Waals surface area contributed by atoms with Gasteiger partial charge in [-0.1, -0.05) is 20.8 Å². The molecule has 106 valence electrons. The van der Waals surface area contributed by atoms with Crippen LogP contribution in [0.1, 0.15) is 61.8 Å². The second-order valence-electron chi connectivity index (χ2n) is 8.25. The van der Waals surface area contributed by atoms with Crippen LogP contribution in [0.3, 0.4) is 0 Å². The molecular formula is C14H31N3Si. The van der Waals surface area contributed by atoms with E-state index in [9.17, 15) is 0 Å². The monoisotopic (exact) mass is 269 g/mol. The maximum Gasteiger partial charge on any atom is 0.327 e. The van der Waals surface area contributed by atoms with Crippen molar-refractivity contribution >= 4 is 9.28 Å². The summed E-state index contributed by atoms with van der Waals surface area (Å²) in [6.45, 7) is 18.2. The number of hydrogen-bond acceptors (Lipinski definition) is 3. The Morgan fingerprint density at radius 3 is 1.67 bits per heavy atom. The molecule has 0 aromatic carbocycles. The van der Waals surface area contributed by atoms with E-state index < -0.39 is 9.28 Å². The highest BCUT2D eigenvalue weighted by Crippen LogP contribution is 2.34. The van der Waals surface area contributed by atoms with Crippen LogP contribution in [0.4, 0.5) is 0 Å². The highest BCUT2D eigenvalue weighted by Gasteiger charge is 2.41. The molecular weight excluding hydrogens is 238 g/mol. The second-order valence-corrected chi connectivity index (χ2v) is 10.2. The van der Waals surface area contributed by atoms with Crippen LogP contribution in [-0.4, -0.2) is 29.5 Å². The average Bonchev–Trinajstić information content (AvgIpc) is 2.41. The molecule has 0 saturated carbocycles. The van der Waals surface area contributed by atoms with E-state index in [4.69, 9.17) is 5.40 Å². The Hall–Kier alpha value is -0.483. The Balaban J connectivity index is 2.85. The van der Waals surface area contributed by atoms with Crippen LogP contribution in [0.25, 0.3) is 0 Å².